The maximum Gasteiger partial charge on any atom is 0.271 e. The van der Waals surface area contributed by atoms with E-state index in [-0.39, 0.29) is 11.7 Å². The molecule has 0 aliphatic carbocycles. The van der Waals surface area contributed by atoms with Gasteiger partial charge in [0.2, 0.25) is 0 Å². The summed E-state index contributed by atoms with van der Waals surface area (Å²) in [7, 11) is 0. The van der Waals surface area contributed by atoms with Crippen molar-refractivity contribution in [3.8, 4) is 5.75 Å². The summed E-state index contributed by atoms with van der Waals surface area (Å²) in [5, 5.41) is 14.2. The number of phenolic OH excluding ortho intramolecular Hbond substituents is 1. The Morgan fingerprint density at radius 2 is 1.86 bits per heavy atom. The van der Waals surface area contributed by atoms with Gasteiger partial charge in [-0.1, -0.05) is 28.8 Å². The molecule has 0 bridgehead atoms. The summed E-state index contributed by atoms with van der Waals surface area (Å²) >= 11 is 9.09. The first kappa shape index (κ1) is 16.5. The van der Waals surface area contributed by atoms with Crippen molar-refractivity contribution >= 4 is 39.7 Å². The SMILES string of the molecule is Cc1cc(C)cc(C(=O)N/N=C/c2cc(Cl)cc(Br)c2O)c1. The molecule has 0 atom stereocenters. The van der Waals surface area contributed by atoms with Crippen LogP contribution < -0.4 is 5.43 Å². The first-order valence-electron chi connectivity index (χ1n) is 6.46. The zero-order chi connectivity index (χ0) is 16.3. The number of carbonyl (C=O) groups excluding carboxylic acids is 1. The number of aryl methyl sites for hydroxylation is 2. The number of rotatable bonds is 3. The van der Waals surface area contributed by atoms with Gasteiger partial charge in [-0.2, -0.15) is 5.10 Å². The molecule has 0 spiro atoms. The highest BCUT2D eigenvalue weighted by atomic mass is 79.9. The molecule has 0 fully saturated rings. The lowest BCUT2D eigenvalue weighted by Gasteiger charge is -2.04. The van der Waals surface area contributed by atoms with Gasteiger partial charge >= 0.3 is 0 Å². The van der Waals surface area contributed by atoms with Crippen LogP contribution in [0.2, 0.25) is 5.02 Å². The first-order valence-corrected chi connectivity index (χ1v) is 7.63. The molecule has 0 aliphatic heterocycles. The predicted molar refractivity (Wildman–Crippen MR) is 91.8 cm³/mol. The molecule has 0 unspecified atom stereocenters. The van der Waals surface area contributed by atoms with Gasteiger partial charge in [-0.25, -0.2) is 5.43 Å². The van der Waals surface area contributed by atoms with E-state index < -0.39 is 0 Å². The van der Waals surface area contributed by atoms with Gasteiger partial charge in [0.05, 0.1) is 10.7 Å². The number of nitrogens with one attached hydrogen (secondary N) is 1. The van der Waals surface area contributed by atoms with E-state index in [1.165, 1.54) is 6.21 Å². The van der Waals surface area contributed by atoms with Gasteiger partial charge in [0.25, 0.3) is 5.91 Å². The molecule has 2 aromatic rings. The van der Waals surface area contributed by atoms with Crippen LogP contribution in [0.5, 0.6) is 5.75 Å². The average molecular weight is 382 g/mol. The van der Waals surface area contributed by atoms with E-state index >= 15 is 0 Å². The smallest absolute Gasteiger partial charge is 0.271 e. The predicted octanol–water partition coefficient (Wildman–Crippen LogP) is 4.19. The van der Waals surface area contributed by atoms with E-state index in [0.717, 1.165) is 11.1 Å². The van der Waals surface area contributed by atoms with Crippen LogP contribution in [0.1, 0.15) is 27.0 Å². The zero-order valence-corrected chi connectivity index (χ0v) is 14.4. The van der Waals surface area contributed by atoms with Crippen LogP contribution in [0.4, 0.5) is 0 Å². The minimum Gasteiger partial charge on any atom is -0.506 e. The molecule has 6 heteroatoms. The van der Waals surface area contributed by atoms with Crippen molar-refractivity contribution in [3.63, 3.8) is 0 Å². The maximum absolute atomic E-state index is 12.0. The summed E-state index contributed by atoms with van der Waals surface area (Å²) in [6.07, 6.45) is 1.34. The van der Waals surface area contributed by atoms with E-state index in [0.29, 0.717) is 20.6 Å². The van der Waals surface area contributed by atoms with Crippen LogP contribution >= 0.6 is 27.5 Å². The van der Waals surface area contributed by atoms with Gasteiger partial charge in [-0.05, 0) is 54.0 Å². The fourth-order valence-corrected chi connectivity index (χ4v) is 2.85. The van der Waals surface area contributed by atoms with Crippen LogP contribution in [0, 0.1) is 13.8 Å². The fourth-order valence-electron chi connectivity index (χ4n) is 2.02. The second-order valence-electron chi connectivity index (χ2n) is 4.90. The number of phenols is 1. The van der Waals surface area contributed by atoms with Crippen molar-refractivity contribution in [2.75, 3.05) is 0 Å². The number of carbonyl (C=O) groups is 1. The molecule has 0 saturated carbocycles. The standard InChI is InChI=1S/C16H14BrClN2O2/c1-9-3-10(2)5-11(4-9)16(22)20-19-8-12-6-13(18)7-14(17)15(12)21/h3-8,21H,1-2H3,(H,20,22)/b19-8+. The second kappa shape index (κ2) is 6.94. The highest BCUT2D eigenvalue weighted by Gasteiger charge is 2.07. The van der Waals surface area contributed by atoms with Crippen molar-refractivity contribution in [1.82, 2.24) is 5.43 Å². The summed E-state index contributed by atoms with van der Waals surface area (Å²) in [6.45, 7) is 3.85. The van der Waals surface area contributed by atoms with Crippen molar-refractivity contribution in [1.29, 1.82) is 0 Å². The lowest BCUT2D eigenvalue weighted by atomic mass is 10.1. The number of benzene rings is 2. The third-order valence-electron chi connectivity index (χ3n) is 2.91. The normalized spacial score (nSPS) is 10.9. The Balaban J connectivity index is 2.14. The maximum atomic E-state index is 12.0. The summed E-state index contributed by atoms with van der Waals surface area (Å²) < 4.78 is 0.460. The fraction of sp³-hybridized carbons (Fsp3) is 0.125. The number of nitrogens with zero attached hydrogens (tertiary/aromatic N) is 1. The summed E-state index contributed by atoms with van der Waals surface area (Å²) in [5.74, 6) is -0.308. The first-order chi connectivity index (χ1) is 10.4. The number of halogens is 2. The van der Waals surface area contributed by atoms with Gasteiger partial charge in [-0.3, -0.25) is 4.79 Å². The molecular weight excluding hydrogens is 368 g/mol. The average Bonchev–Trinajstić information content (AvgIpc) is 2.42. The molecule has 2 aromatic carbocycles. The number of hydrazone groups is 1. The van der Waals surface area contributed by atoms with Crippen molar-refractivity contribution in [3.05, 3.63) is 62.1 Å². The van der Waals surface area contributed by atoms with Crippen molar-refractivity contribution < 1.29 is 9.90 Å². The van der Waals surface area contributed by atoms with Crippen molar-refractivity contribution in [2.24, 2.45) is 5.10 Å². The largest absolute Gasteiger partial charge is 0.506 e. The van der Waals surface area contributed by atoms with Crippen LogP contribution in [0.3, 0.4) is 0 Å². The molecule has 0 saturated heterocycles. The summed E-state index contributed by atoms with van der Waals surface area (Å²) in [5.41, 5.74) is 5.38. The van der Waals surface area contributed by atoms with E-state index in [1.54, 1.807) is 24.3 Å². The topological polar surface area (TPSA) is 61.7 Å². The molecule has 0 aliphatic rings. The Bertz CT molecular complexity index is 740. The second-order valence-corrected chi connectivity index (χ2v) is 6.19. The van der Waals surface area contributed by atoms with Crippen LogP contribution in [0.25, 0.3) is 0 Å². The molecule has 2 N–H and O–H groups in total. The molecule has 2 rings (SSSR count). The molecule has 0 radical (unpaired) electrons. The number of amides is 1. The molecular formula is C16H14BrClN2O2. The number of aromatic hydroxyl groups is 1. The molecule has 1 amide bonds. The van der Waals surface area contributed by atoms with E-state index in [1.807, 2.05) is 19.9 Å². The van der Waals surface area contributed by atoms with E-state index in [4.69, 9.17) is 11.6 Å². The zero-order valence-electron chi connectivity index (χ0n) is 12.0. The highest BCUT2D eigenvalue weighted by Crippen LogP contribution is 2.30. The van der Waals surface area contributed by atoms with Gasteiger partial charge in [0.15, 0.2) is 0 Å². The number of hydrogen-bond donors (Lipinski definition) is 2. The Kier molecular flexibility index (Phi) is 5.21. The quantitative estimate of drug-likeness (QED) is 0.618. The lowest BCUT2D eigenvalue weighted by molar-refractivity contribution is 0.0955. The van der Waals surface area contributed by atoms with E-state index in [9.17, 15) is 9.90 Å². The minimum atomic E-state index is -0.316. The monoisotopic (exact) mass is 380 g/mol. The van der Waals surface area contributed by atoms with Gasteiger partial charge in [0, 0.05) is 16.1 Å². The van der Waals surface area contributed by atoms with Gasteiger partial charge < -0.3 is 5.11 Å². The summed E-state index contributed by atoms with van der Waals surface area (Å²) in [6, 6.07) is 8.68. The Morgan fingerprint density at radius 1 is 1.23 bits per heavy atom. The van der Waals surface area contributed by atoms with Crippen LogP contribution in [-0.4, -0.2) is 17.2 Å². The Labute approximate surface area is 141 Å². The molecule has 0 aromatic heterocycles. The molecule has 4 nitrogen and oxygen atoms in total. The molecule has 114 valence electrons. The third kappa shape index (κ3) is 4.08. The van der Waals surface area contributed by atoms with E-state index in [2.05, 4.69) is 26.5 Å². The van der Waals surface area contributed by atoms with Crippen LogP contribution in [-0.2, 0) is 0 Å². The summed E-state index contributed by atoms with van der Waals surface area (Å²) in [4.78, 5) is 12.0. The van der Waals surface area contributed by atoms with Crippen LogP contribution in [0.15, 0.2) is 39.9 Å². The minimum absolute atomic E-state index is 0.00815. The van der Waals surface area contributed by atoms with Gasteiger partial charge in [-0.15, -0.1) is 0 Å². The highest BCUT2D eigenvalue weighted by molar-refractivity contribution is 9.10. The Hall–Kier alpha value is -1.85. The molecule has 0 heterocycles. The lowest BCUT2D eigenvalue weighted by Crippen LogP contribution is -2.17. The molecule has 22 heavy (non-hydrogen) atoms. The number of hydrogen-bond acceptors (Lipinski definition) is 3. The Morgan fingerprint density at radius 3 is 2.50 bits per heavy atom. The van der Waals surface area contributed by atoms with Gasteiger partial charge in [0.1, 0.15) is 5.75 Å². The van der Waals surface area contributed by atoms with Crippen molar-refractivity contribution in [2.45, 2.75) is 13.8 Å². The third-order valence-corrected chi connectivity index (χ3v) is 3.73.